The van der Waals surface area contributed by atoms with Crippen molar-refractivity contribution in [1.29, 1.82) is 0 Å². The Hall–Kier alpha value is -1.62. The van der Waals surface area contributed by atoms with Gasteiger partial charge in [0.2, 0.25) is 5.91 Å². The average Bonchev–Trinajstić information content (AvgIpc) is 3.17. The number of nitrogens with one attached hydrogen (secondary N) is 1. The Balaban J connectivity index is 1.62. The van der Waals surface area contributed by atoms with Gasteiger partial charge in [-0.1, -0.05) is 18.9 Å². The van der Waals surface area contributed by atoms with Gasteiger partial charge in [-0.15, -0.1) is 0 Å². The summed E-state index contributed by atoms with van der Waals surface area (Å²) in [5, 5.41) is 13.3. The standard InChI is InChI=1S/C18H27N3O2/c1-14-6-7-15(17(20-14)21-10-4-5-11-21)13-19-16(22)12-18(23)8-2-3-9-18/h6-7,23H,2-5,8-13H2,1H3,(H,19,22). The molecule has 0 radical (unpaired) electrons. The summed E-state index contributed by atoms with van der Waals surface area (Å²) in [6.45, 7) is 4.56. The van der Waals surface area contributed by atoms with E-state index in [1.165, 1.54) is 12.8 Å². The summed E-state index contributed by atoms with van der Waals surface area (Å²) < 4.78 is 0. The summed E-state index contributed by atoms with van der Waals surface area (Å²) in [5.41, 5.74) is 1.28. The molecule has 0 aromatic carbocycles. The van der Waals surface area contributed by atoms with Gasteiger partial charge in [0.05, 0.1) is 12.0 Å². The number of amides is 1. The summed E-state index contributed by atoms with van der Waals surface area (Å²) in [4.78, 5) is 19.2. The van der Waals surface area contributed by atoms with E-state index in [1.807, 2.05) is 13.0 Å². The van der Waals surface area contributed by atoms with Gasteiger partial charge >= 0.3 is 0 Å². The molecule has 126 valence electrons. The zero-order valence-corrected chi connectivity index (χ0v) is 14.0. The maximum atomic E-state index is 12.2. The van der Waals surface area contributed by atoms with Crippen molar-refractivity contribution in [3.05, 3.63) is 23.4 Å². The highest BCUT2D eigenvalue weighted by atomic mass is 16.3. The maximum absolute atomic E-state index is 12.2. The van der Waals surface area contributed by atoms with Crippen molar-refractivity contribution in [2.24, 2.45) is 0 Å². The fraction of sp³-hybridized carbons (Fsp3) is 0.667. The Kier molecular flexibility index (Phi) is 4.85. The van der Waals surface area contributed by atoms with E-state index in [-0.39, 0.29) is 12.3 Å². The number of pyridine rings is 1. The molecule has 2 fully saturated rings. The van der Waals surface area contributed by atoms with Crippen molar-refractivity contribution in [3.8, 4) is 0 Å². The summed E-state index contributed by atoms with van der Waals surface area (Å²) in [5.74, 6) is 0.935. The molecule has 1 aromatic heterocycles. The molecule has 2 N–H and O–H groups in total. The third-order valence-electron chi connectivity index (χ3n) is 5.00. The van der Waals surface area contributed by atoms with E-state index in [0.29, 0.717) is 6.54 Å². The Bertz CT molecular complexity index is 561. The first-order valence-electron chi connectivity index (χ1n) is 8.76. The largest absolute Gasteiger partial charge is 0.389 e. The predicted octanol–water partition coefficient (Wildman–Crippen LogP) is 2.30. The summed E-state index contributed by atoms with van der Waals surface area (Å²) >= 11 is 0. The van der Waals surface area contributed by atoms with Gasteiger partial charge < -0.3 is 15.3 Å². The van der Waals surface area contributed by atoms with Gasteiger partial charge in [0.25, 0.3) is 0 Å². The third-order valence-corrected chi connectivity index (χ3v) is 5.00. The van der Waals surface area contributed by atoms with E-state index in [9.17, 15) is 9.90 Å². The number of carbonyl (C=O) groups is 1. The van der Waals surface area contributed by atoms with Gasteiger partial charge in [0.15, 0.2) is 0 Å². The van der Waals surface area contributed by atoms with E-state index in [1.54, 1.807) is 0 Å². The molecule has 2 heterocycles. The van der Waals surface area contributed by atoms with Crippen molar-refractivity contribution in [1.82, 2.24) is 10.3 Å². The summed E-state index contributed by atoms with van der Waals surface area (Å²) in [6.07, 6.45) is 6.14. The first kappa shape index (κ1) is 16.2. The van der Waals surface area contributed by atoms with E-state index in [2.05, 4.69) is 21.3 Å². The average molecular weight is 317 g/mol. The van der Waals surface area contributed by atoms with Crippen LogP contribution in [-0.4, -0.2) is 34.7 Å². The number of nitrogens with zero attached hydrogens (tertiary/aromatic N) is 2. The minimum Gasteiger partial charge on any atom is -0.389 e. The molecular formula is C18H27N3O2. The van der Waals surface area contributed by atoms with Crippen molar-refractivity contribution in [2.45, 2.75) is 64.0 Å². The molecule has 0 bridgehead atoms. The number of rotatable bonds is 5. The molecule has 0 spiro atoms. The molecule has 1 amide bonds. The number of anilines is 1. The molecule has 2 aliphatic rings. The zero-order valence-electron chi connectivity index (χ0n) is 14.0. The fourth-order valence-corrected chi connectivity index (χ4v) is 3.68. The fourth-order valence-electron chi connectivity index (χ4n) is 3.68. The van der Waals surface area contributed by atoms with Gasteiger partial charge in [-0.2, -0.15) is 0 Å². The predicted molar refractivity (Wildman–Crippen MR) is 90.3 cm³/mol. The van der Waals surface area contributed by atoms with Crippen molar-refractivity contribution in [3.63, 3.8) is 0 Å². The highest BCUT2D eigenvalue weighted by Gasteiger charge is 2.33. The van der Waals surface area contributed by atoms with E-state index in [4.69, 9.17) is 0 Å². The molecular weight excluding hydrogens is 290 g/mol. The molecule has 1 saturated carbocycles. The van der Waals surface area contributed by atoms with Crippen molar-refractivity contribution < 1.29 is 9.90 Å². The molecule has 0 atom stereocenters. The Labute approximate surface area is 138 Å². The molecule has 5 nitrogen and oxygen atoms in total. The second-order valence-corrected chi connectivity index (χ2v) is 7.01. The zero-order chi connectivity index (χ0) is 16.3. The lowest BCUT2D eigenvalue weighted by atomic mass is 9.97. The summed E-state index contributed by atoms with van der Waals surface area (Å²) in [7, 11) is 0. The lowest BCUT2D eigenvalue weighted by Crippen LogP contribution is -2.34. The monoisotopic (exact) mass is 317 g/mol. The SMILES string of the molecule is Cc1ccc(CNC(=O)CC2(O)CCCC2)c(N2CCCC2)n1. The lowest BCUT2D eigenvalue weighted by Gasteiger charge is -2.23. The first-order chi connectivity index (χ1) is 11.1. The number of aromatic nitrogens is 1. The Morgan fingerprint density at radius 2 is 1.96 bits per heavy atom. The van der Waals surface area contributed by atoms with Crippen LogP contribution in [0.2, 0.25) is 0 Å². The van der Waals surface area contributed by atoms with Crippen molar-refractivity contribution in [2.75, 3.05) is 18.0 Å². The number of hydrogen-bond acceptors (Lipinski definition) is 4. The minimum atomic E-state index is -0.784. The van der Waals surface area contributed by atoms with Crippen LogP contribution >= 0.6 is 0 Å². The molecule has 23 heavy (non-hydrogen) atoms. The van der Waals surface area contributed by atoms with Crippen LogP contribution in [-0.2, 0) is 11.3 Å². The highest BCUT2D eigenvalue weighted by Crippen LogP contribution is 2.32. The van der Waals surface area contributed by atoms with E-state index in [0.717, 1.165) is 55.8 Å². The second-order valence-electron chi connectivity index (χ2n) is 7.01. The highest BCUT2D eigenvalue weighted by molar-refractivity contribution is 5.77. The first-order valence-corrected chi connectivity index (χ1v) is 8.76. The number of aliphatic hydroxyl groups is 1. The van der Waals surface area contributed by atoms with Gasteiger partial charge in [0.1, 0.15) is 5.82 Å². The molecule has 0 unspecified atom stereocenters. The van der Waals surface area contributed by atoms with Crippen LogP contribution in [0, 0.1) is 6.92 Å². The van der Waals surface area contributed by atoms with Crippen LogP contribution in [0.5, 0.6) is 0 Å². The Morgan fingerprint density at radius 1 is 1.26 bits per heavy atom. The summed E-state index contributed by atoms with van der Waals surface area (Å²) in [6, 6.07) is 4.05. The topological polar surface area (TPSA) is 65.5 Å². The van der Waals surface area contributed by atoms with Gasteiger partial charge in [-0.05, 0) is 38.7 Å². The normalized spacial score (nSPS) is 20.0. The van der Waals surface area contributed by atoms with Crippen LogP contribution in [0.15, 0.2) is 12.1 Å². The van der Waals surface area contributed by atoms with Gasteiger partial charge in [0, 0.05) is 30.9 Å². The van der Waals surface area contributed by atoms with Crippen LogP contribution in [0.3, 0.4) is 0 Å². The van der Waals surface area contributed by atoms with Crippen molar-refractivity contribution >= 4 is 11.7 Å². The number of aryl methyl sites for hydroxylation is 1. The molecule has 5 heteroatoms. The molecule has 1 aliphatic carbocycles. The maximum Gasteiger partial charge on any atom is 0.223 e. The Morgan fingerprint density at radius 3 is 2.65 bits per heavy atom. The lowest BCUT2D eigenvalue weighted by molar-refractivity contribution is -0.126. The second kappa shape index (κ2) is 6.87. The quantitative estimate of drug-likeness (QED) is 0.874. The van der Waals surface area contributed by atoms with Gasteiger partial charge in [-0.3, -0.25) is 4.79 Å². The van der Waals surface area contributed by atoms with Crippen LogP contribution in [0.25, 0.3) is 0 Å². The van der Waals surface area contributed by atoms with Crippen LogP contribution in [0.1, 0.15) is 56.2 Å². The van der Waals surface area contributed by atoms with E-state index >= 15 is 0 Å². The minimum absolute atomic E-state index is 0.0673. The van der Waals surface area contributed by atoms with E-state index < -0.39 is 5.60 Å². The number of hydrogen-bond donors (Lipinski definition) is 2. The smallest absolute Gasteiger partial charge is 0.223 e. The molecule has 1 saturated heterocycles. The van der Waals surface area contributed by atoms with Crippen LogP contribution in [0.4, 0.5) is 5.82 Å². The number of carbonyl (C=O) groups excluding carboxylic acids is 1. The molecule has 1 aliphatic heterocycles. The van der Waals surface area contributed by atoms with Crippen LogP contribution < -0.4 is 10.2 Å². The third kappa shape index (κ3) is 4.02. The molecule has 3 rings (SSSR count). The van der Waals surface area contributed by atoms with Gasteiger partial charge in [-0.25, -0.2) is 4.98 Å². The molecule has 1 aromatic rings.